The van der Waals surface area contributed by atoms with Crippen LogP contribution in [-0.2, 0) is 4.57 Å². The summed E-state index contributed by atoms with van der Waals surface area (Å²) in [6, 6.07) is 0. The maximum absolute atomic E-state index is 8.46. The molecule has 24 heavy (non-hydrogen) atoms. The second kappa shape index (κ2) is 18.2. The molecule has 0 aliphatic heterocycles. The van der Waals surface area contributed by atoms with Crippen LogP contribution in [0.1, 0.15) is 116 Å². The van der Waals surface area contributed by atoms with Gasteiger partial charge in [-0.25, -0.2) is 4.57 Å². The van der Waals surface area contributed by atoms with Crippen LogP contribution in [0, 0.1) is 11.8 Å². The van der Waals surface area contributed by atoms with E-state index in [1.807, 2.05) is 0 Å². The first-order chi connectivity index (χ1) is 11.4. The fraction of sp³-hybridized carbons (Fsp3) is 1.00. The van der Waals surface area contributed by atoms with E-state index in [9.17, 15) is 0 Å². The zero-order valence-electron chi connectivity index (χ0n) is 15.6. The summed E-state index contributed by atoms with van der Waals surface area (Å²) in [5.74, 6) is 2.18. The summed E-state index contributed by atoms with van der Waals surface area (Å²) in [5.41, 5.74) is 0. The Morgan fingerprint density at radius 3 is 0.875 bits per heavy atom. The third-order valence-corrected chi connectivity index (χ3v) is 5.97. The molecule has 0 radical (unpaired) electrons. The Labute approximate surface area is 158 Å². The first-order valence-electron chi connectivity index (χ1n) is 10.3. The Morgan fingerprint density at radius 1 is 0.500 bits per heavy atom. The zero-order valence-corrected chi connectivity index (χ0v) is 17.3. The molecule has 0 spiro atoms. The Kier molecular flexibility index (Phi) is 18.4. The van der Waals surface area contributed by atoms with Gasteiger partial charge < -0.3 is 4.89 Å². The molecule has 0 aromatic carbocycles. The van der Waals surface area contributed by atoms with Crippen molar-refractivity contribution in [2.75, 3.05) is 0 Å². The van der Waals surface area contributed by atoms with Crippen LogP contribution in [0.25, 0.3) is 0 Å². The van der Waals surface area contributed by atoms with Crippen molar-refractivity contribution in [2.24, 2.45) is 11.8 Å². The fourth-order valence-corrected chi connectivity index (χ4v) is 4.63. The van der Waals surface area contributed by atoms with Gasteiger partial charge in [0.2, 0.25) is 0 Å². The summed E-state index contributed by atoms with van der Waals surface area (Å²) in [6.45, 7) is 0. The second-order valence-electron chi connectivity index (χ2n) is 7.71. The third-order valence-electron chi connectivity index (χ3n) is 5.97. The van der Waals surface area contributed by atoms with Crippen molar-refractivity contribution in [2.45, 2.75) is 116 Å². The van der Waals surface area contributed by atoms with Gasteiger partial charge in [0, 0.05) is 0 Å². The Morgan fingerprint density at radius 2 is 0.667 bits per heavy atom. The normalized spacial score (nSPS) is 23.4. The van der Waals surface area contributed by atoms with Crippen LogP contribution < -0.4 is 0 Å². The average molecular weight is 379 g/mol. The minimum absolute atomic E-state index is 0. The van der Waals surface area contributed by atoms with Crippen molar-refractivity contribution in [1.29, 1.82) is 0 Å². The van der Waals surface area contributed by atoms with Crippen molar-refractivity contribution < 1.29 is 9.46 Å². The molecule has 2 nitrogen and oxygen atoms in total. The van der Waals surface area contributed by atoms with Gasteiger partial charge in [-0.15, -0.1) is 12.4 Å². The quantitative estimate of drug-likeness (QED) is 0.471. The van der Waals surface area contributed by atoms with E-state index < -0.39 is 8.69 Å². The molecule has 2 saturated carbocycles. The Balaban J connectivity index is 0.00000123. The highest BCUT2D eigenvalue weighted by Crippen LogP contribution is 2.34. The van der Waals surface area contributed by atoms with Crippen LogP contribution in [0.2, 0.25) is 0 Å². The van der Waals surface area contributed by atoms with E-state index in [2.05, 4.69) is 0 Å². The van der Waals surface area contributed by atoms with Crippen LogP contribution in [0.3, 0.4) is 0 Å². The summed E-state index contributed by atoms with van der Waals surface area (Å²) in [4.78, 5) is 6.99. The van der Waals surface area contributed by atoms with Crippen molar-refractivity contribution in [3.63, 3.8) is 0 Å². The van der Waals surface area contributed by atoms with Crippen molar-refractivity contribution in [1.82, 2.24) is 0 Å². The highest BCUT2D eigenvalue weighted by Gasteiger charge is 2.21. The van der Waals surface area contributed by atoms with Gasteiger partial charge in [-0.2, -0.15) is 0 Å². The summed E-state index contributed by atoms with van der Waals surface area (Å²) in [6.07, 6.45) is 27.5. The van der Waals surface area contributed by atoms with E-state index in [-0.39, 0.29) is 12.4 Å². The summed E-state index contributed by atoms with van der Waals surface area (Å²) in [7, 11) is -0.833. The van der Waals surface area contributed by atoms with Crippen LogP contribution in [0.15, 0.2) is 0 Å². The average Bonchev–Trinajstić information content (AvgIpc) is 2.58. The molecule has 2 fully saturated rings. The molecule has 0 aromatic rings. The second-order valence-corrected chi connectivity index (χ2v) is 7.87. The molecule has 2 aliphatic rings. The smallest absolute Gasteiger partial charge is 0.310 e. The molecule has 0 aromatic heterocycles. The van der Waals surface area contributed by atoms with E-state index in [4.69, 9.17) is 9.46 Å². The molecule has 0 bridgehead atoms. The van der Waals surface area contributed by atoms with Crippen LogP contribution >= 0.6 is 21.1 Å². The number of rotatable bonds is 1. The highest BCUT2D eigenvalue weighted by molar-refractivity contribution is 7.16. The van der Waals surface area contributed by atoms with Gasteiger partial charge >= 0.3 is 8.69 Å². The zero-order chi connectivity index (χ0) is 16.6. The van der Waals surface area contributed by atoms with Crippen LogP contribution in [0.4, 0.5) is 0 Å². The minimum Gasteiger partial charge on any atom is -0.310 e. The molecule has 0 heterocycles. The highest BCUT2D eigenvalue weighted by atomic mass is 35.5. The van der Waals surface area contributed by atoms with Gasteiger partial charge in [0.25, 0.3) is 0 Å². The number of hydrogen-bond acceptors (Lipinski definition) is 1. The predicted molar refractivity (Wildman–Crippen MR) is 107 cm³/mol. The maximum atomic E-state index is 8.46. The van der Waals surface area contributed by atoms with Gasteiger partial charge in [-0.3, -0.25) is 0 Å². The van der Waals surface area contributed by atoms with Gasteiger partial charge in [-0.05, 0) is 11.8 Å². The SMILES string of the molecule is C1CCCCC(C2CCCCCCCCC2)CCCC1.Cl.O=PO. The van der Waals surface area contributed by atoms with E-state index >= 15 is 0 Å². The monoisotopic (exact) mass is 378 g/mol. The molecule has 1 N–H and O–H groups in total. The molecule has 0 unspecified atom stereocenters. The van der Waals surface area contributed by atoms with Crippen LogP contribution in [-0.4, -0.2) is 4.89 Å². The molecule has 0 amide bonds. The largest absolute Gasteiger partial charge is 0.324 e. The van der Waals surface area contributed by atoms with Gasteiger partial charge in [-0.1, -0.05) is 116 Å². The molecule has 0 atom stereocenters. The molecule has 4 heteroatoms. The van der Waals surface area contributed by atoms with Crippen molar-refractivity contribution in [3.8, 4) is 0 Å². The lowest BCUT2D eigenvalue weighted by atomic mass is 9.77. The molecule has 2 aliphatic carbocycles. The minimum atomic E-state index is -0.833. The first kappa shape index (κ1) is 24.4. The summed E-state index contributed by atoms with van der Waals surface area (Å²) in [5, 5.41) is 0. The van der Waals surface area contributed by atoms with Gasteiger partial charge in [0.1, 0.15) is 0 Å². The van der Waals surface area contributed by atoms with E-state index in [1.54, 1.807) is 25.7 Å². The Bertz CT molecular complexity index is 232. The molecule has 2 rings (SSSR count). The number of hydrogen-bond donors (Lipinski definition) is 1. The van der Waals surface area contributed by atoms with Gasteiger partial charge in [0.05, 0.1) is 0 Å². The lowest BCUT2D eigenvalue weighted by Gasteiger charge is -2.29. The van der Waals surface area contributed by atoms with Crippen molar-refractivity contribution in [3.05, 3.63) is 0 Å². The Hall–Kier alpha value is 0.350. The molecule has 144 valence electrons. The summed E-state index contributed by atoms with van der Waals surface area (Å²) >= 11 is 0. The number of halogens is 1. The van der Waals surface area contributed by atoms with Crippen molar-refractivity contribution >= 4 is 21.1 Å². The summed E-state index contributed by atoms with van der Waals surface area (Å²) < 4.78 is 8.46. The molecular formula is C20H40ClO2P. The van der Waals surface area contributed by atoms with E-state index in [0.29, 0.717) is 0 Å². The predicted octanol–water partition coefficient (Wildman–Crippen LogP) is 7.88. The molecule has 0 saturated heterocycles. The standard InChI is InChI=1S/C20H38.ClH.HO2P/c1-3-7-11-15-19(16-12-8-4-1)20-17-13-9-5-2-6-10-14-18-20;;1-3-2/h19-20H,1-18H2;1H;(H,1,2). The molecular weight excluding hydrogens is 339 g/mol. The third kappa shape index (κ3) is 12.7. The van der Waals surface area contributed by atoms with Gasteiger partial charge in [0.15, 0.2) is 0 Å². The topological polar surface area (TPSA) is 37.3 Å². The van der Waals surface area contributed by atoms with E-state index in [0.717, 1.165) is 11.8 Å². The maximum Gasteiger partial charge on any atom is 0.324 e. The lowest BCUT2D eigenvalue weighted by Crippen LogP contribution is -2.16. The van der Waals surface area contributed by atoms with E-state index in [1.165, 1.54) is 89.9 Å². The first-order valence-corrected chi connectivity index (χ1v) is 11.1. The lowest BCUT2D eigenvalue weighted by molar-refractivity contribution is 0.230. The van der Waals surface area contributed by atoms with Crippen LogP contribution in [0.5, 0.6) is 0 Å². The fourth-order valence-electron chi connectivity index (χ4n) is 4.63.